The van der Waals surface area contributed by atoms with E-state index in [1.807, 2.05) is 18.2 Å². The zero-order chi connectivity index (χ0) is 19.5. The van der Waals surface area contributed by atoms with Crippen LogP contribution in [0.1, 0.15) is 5.76 Å². The summed E-state index contributed by atoms with van der Waals surface area (Å²) in [4.78, 5) is 28.5. The predicted molar refractivity (Wildman–Crippen MR) is 105 cm³/mol. The third-order valence-corrected chi connectivity index (χ3v) is 5.10. The molecular weight excluding hydrogens is 428 g/mol. The Labute approximate surface area is 170 Å². The van der Waals surface area contributed by atoms with E-state index in [2.05, 4.69) is 15.9 Å². The smallest absolute Gasteiger partial charge is 0.267 e. The largest absolute Gasteiger partial charge is 0.485 e. The summed E-state index contributed by atoms with van der Waals surface area (Å²) >= 11 is 3.23. The van der Waals surface area contributed by atoms with Crippen LogP contribution in [0.25, 0.3) is 6.08 Å². The van der Waals surface area contributed by atoms with Gasteiger partial charge in [0.1, 0.15) is 12.4 Å². The van der Waals surface area contributed by atoms with E-state index < -0.39 is 6.10 Å². The van der Waals surface area contributed by atoms with Crippen molar-refractivity contribution >= 4 is 33.8 Å². The van der Waals surface area contributed by atoms with E-state index in [4.69, 9.17) is 13.9 Å². The molecule has 2 amide bonds. The summed E-state index contributed by atoms with van der Waals surface area (Å²) in [5.41, 5.74) is 0. The van der Waals surface area contributed by atoms with E-state index in [1.54, 1.807) is 34.1 Å². The molecule has 7 nitrogen and oxygen atoms in total. The SMILES string of the molecule is O=C(/C=C/c1ccc(Br)o1)N1CCN(C(=O)C2COc3ccccc3O2)CC1. The van der Waals surface area contributed by atoms with Crippen molar-refractivity contribution in [3.63, 3.8) is 0 Å². The molecule has 0 spiro atoms. The van der Waals surface area contributed by atoms with E-state index in [0.29, 0.717) is 48.1 Å². The average Bonchev–Trinajstić information content (AvgIpc) is 3.16. The second kappa shape index (κ2) is 8.10. The Balaban J connectivity index is 1.30. The first kappa shape index (κ1) is 18.6. The van der Waals surface area contributed by atoms with Crippen LogP contribution in [0.15, 0.2) is 51.6 Å². The summed E-state index contributed by atoms with van der Waals surface area (Å²) in [6.07, 6.45) is 2.46. The quantitative estimate of drug-likeness (QED) is 0.677. The van der Waals surface area contributed by atoms with Gasteiger partial charge in [0, 0.05) is 32.3 Å². The normalized spacial score (nSPS) is 19.1. The van der Waals surface area contributed by atoms with Gasteiger partial charge in [0.15, 0.2) is 16.2 Å². The Bertz CT molecular complexity index is 902. The van der Waals surface area contributed by atoms with Gasteiger partial charge in [-0.1, -0.05) is 12.1 Å². The van der Waals surface area contributed by atoms with Crippen LogP contribution >= 0.6 is 15.9 Å². The number of furan rings is 1. The molecule has 8 heteroatoms. The molecule has 146 valence electrons. The molecule has 1 fully saturated rings. The molecular formula is C20H19BrN2O5. The molecule has 0 N–H and O–H groups in total. The number of hydrogen-bond donors (Lipinski definition) is 0. The summed E-state index contributed by atoms with van der Waals surface area (Å²) in [6, 6.07) is 10.8. The number of piperazine rings is 1. The fourth-order valence-electron chi connectivity index (χ4n) is 3.17. The summed E-state index contributed by atoms with van der Waals surface area (Å²) in [6.45, 7) is 2.07. The summed E-state index contributed by atoms with van der Waals surface area (Å²) in [5.74, 6) is 1.61. The zero-order valence-corrected chi connectivity index (χ0v) is 16.6. The first-order chi connectivity index (χ1) is 13.6. The Hall–Kier alpha value is -2.74. The molecule has 1 atom stereocenters. The Morgan fingerprint density at radius 3 is 2.43 bits per heavy atom. The van der Waals surface area contributed by atoms with Gasteiger partial charge >= 0.3 is 0 Å². The van der Waals surface area contributed by atoms with Gasteiger partial charge in [-0.15, -0.1) is 0 Å². The fourth-order valence-corrected chi connectivity index (χ4v) is 3.49. The van der Waals surface area contributed by atoms with Crippen LogP contribution in [0, 0.1) is 0 Å². The number of benzene rings is 1. The molecule has 0 radical (unpaired) electrons. The number of nitrogens with zero attached hydrogens (tertiary/aromatic N) is 2. The molecule has 1 saturated heterocycles. The van der Waals surface area contributed by atoms with E-state index >= 15 is 0 Å². The Morgan fingerprint density at radius 2 is 1.71 bits per heavy atom. The zero-order valence-electron chi connectivity index (χ0n) is 15.0. The maximum atomic E-state index is 12.7. The molecule has 3 heterocycles. The molecule has 28 heavy (non-hydrogen) atoms. The highest BCUT2D eigenvalue weighted by atomic mass is 79.9. The van der Waals surface area contributed by atoms with Gasteiger partial charge in [-0.25, -0.2) is 0 Å². The molecule has 1 aromatic heterocycles. The lowest BCUT2D eigenvalue weighted by molar-refractivity contribution is -0.145. The molecule has 0 saturated carbocycles. The Kier molecular flexibility index (Phi) is 5.38. The number of ether oxygens (including phenoxy) is 2. The van der Waals surface area contributed by atoms with Crippen LogP contribution in [0.5, 0.6) is 11.5 Å². The number of carbonyl (C=O) groups excluding carboxylic acids is 2. The van der Waals surface area contributed by atoms with Crippen molar-refractivity contribution in [3.8, 4) is 11.5 Å². The van der Waals surface area contributed by atoms with Gasteiger partial charge < -0.3 is 23.7 Å². The fraction of sp³-hybridized carbons (Fsp3) is 0.300. The van der Waals surface area contributed by atoms with Crippen molar-refractivity contribution in [3.05, 3.63) is 52.9 Å². The number of amides is 2. The van der Waals surface area contributed by atoms with E-state index in [9.17, 15) is 9.59 Å². The van der Waals surface area contributed by atoms with Crippen molar-refractivity contribution in [1.29, 1.82) is 0 Å². The van der Waals surface area contributed by atoms with Crippen LogP contribution in [-0.4, -0.2) is 60.5 Å². The van der Waals surface area contributed by atoms with Gasteiger partial charge in [0.2, 0.25) is 12.0 Å². The standard InChI is InChI=1S/C20H19BrN2O5/c21-18-7-5-14(27-18)6-8-19(24)22-9-11-23(12-10-22)20(25)17-13-26-15-3-1-2-4-16(15)28-17/h1-8,17H,9-13H2/b8-6+. The minimum atomic E-state index is -0.658. The lowest BCUT2D eigenvalue weighted by atomic mass is 10.2. The molecule has 0 bridgehead atoms. The van der Waals surface area contributed by atoms with E-state index in [-0.39, 0.29) is 18.4 Å². The highest BCUT2D eigenvalue weighted by molar-refractivity contribution is 9.10. The van der Waals surface area contributed by atoms with Crippen molar-refractivity contribution < 1.29 is 23.5 Å². The topological polar surface area (TPSA) is 72.2 Å². The molecule has 2 aliphatic rings. The van der Waals surface area contributed by atoms with Crippen molar-refractivity contribution in [1.82, 2.24) is 9.80 Å². The number of carbonyl (C=O) groups is 2. The minimum Gasteiger partial charge on any atom is -0.485 e. The van der Waals surface area contributed by atoms with Crippen molar-refractivity contribution in [2.75, 3.05) is 32.8 Å². The first-order valence-electron chi connectivity index (χ1n) is 9.00. The molecule has 1 aromatic carbocycles. The summed E-state index contributed by atoms with van der Waals surface area (Å²) in [5, 5.41) is 0. The van der Waals surface area contributed by atoms with Gasteiger partial charge in [-0.05, 0) is 46.3 Å². The van der Waals surface area contributed by atoms with Crippen LogP contribution in [0.2, 0.25) is 0 Å². The lowest BCUT2D eigenvalue weighted by Gasteiger charge is -2.36. The van der Waals surface area contributed by atoms with Gasteiger partial charge in [-0.2, -0.15) is 0 Å². The minimum absolute atomic E-state index is 0.106. The third kappa shape index (κ3) is 4.06. The molecule has 2 aromatic rings. The first-order valence-corrected chi connectivity index (χ1v) is 9.79. The second-order valence-corrected chi connectivity index (χ2v) is 7.27. The van der Waals surface area contributed by atoms with Crippen LogP contribution in [0.3, 0.4) is 0 Å². The van der Waals surface area contributed by atoms with Crippen molar-refractivity contribution in [2.45, 2.75) is 6.10 Å². The molecule has 2 aliphatic heterocycles. The van der Waals surface area contributed by atoms with Gasteiger partial charge in [0.25, 0.3) is 5.91 Å². The van der Waals surface area contributed by atoms with Crippen LogP contribution < -0.4 is 9.47 Å². The summed E-state index contributed by atoms with van der Waals surface area (Å²) < 4.78 is 17.4. The van der Waals surface area contributed by atoms with E-state index in [0.717, 1.165) is 0 Å². The number of para-hydroxylation sites is 2. The maximum absolute atomic E-state index is 12.7. The molecule has 1 unspecified atom stereocenters. The summed E-state index contributed by atoms with van der Waals surface area (Å²) in [7, 11) is 0. The Morgan fingerprint density at radius 1 is 1.00 bits per heavy atom. The van der Waals surface area contributed by atoms with Gasteiger partial charge in [0.05, 0.1) is 0 Å². The highest BCUT2D eigenvalue weighted by Gasteiger charge is 2.33. The number of halogens is 1. The van der Waals surface area contributed by atoms with Crippen LogP contribution in [-0.2, 0) is 9.59 Å². The number of fused-ring (bicyclic) bond motifs is 1. The highest BCUT2D eigenvalue weighted by Crippen LogP contribution is 2.31. The van der Waals surface area contributed by atoms with Crippen molar-refractivity contribution in [2.24, 2.45) is 0 Å². The maximum Gasteiger partial charge on any atom is 0.267 e. The predicted octanol–water partition coefficient (Wildman–Crippen LogP) is 2.57. The molecule has 4 rings (SSSR count). The second-order valence-electron chi connectivity index (χ2n) is 6.49. The lowest BCUT2D eigenvalue weighted by Crippen LogP contribution is -2.54. The third-order valence-electron chi connectivity index (χ3n) is 4.67. The van der Waals surface area contributed by atoms with Gasteiger partial charge in [-0.3, -0.25) is 9.59 Å². The number of hydrogen-bond acceptors (Lipinski definition) is 5. The molecule has 0 aliphatic carbocycles. The van der Waals surface area contributed by atoms with E-state index in [1.165, 1.54) is 6.08 Å². The monoisotopic (exact) mass is 446 g/mol. The number of rotatable bonds is 3. The average molecular weight is 447 g/mol. The van der Waals surface area contributed by atoms with Crippen LogP contribution in [0.4, 0.5) is 0 Å².